The van der Waals surface area contributed by atoms with Gasteiger partial charge in [0.15, 0.2) is 6.10 Å². The Labute approximate surface area is 153 Å². The Hall–Kier alpha value is -2.86. The van der Waals surface area contributed by atoms with Gasteiger partial charge in [0, 0.05) is 6.54 Å². The SMILES string of the molecule is CN(C)C[C@@H](NC(=O)C[C@@H]1Oc2ccccc2NC1=O)c1ccccc1. The number of hydrogen-bond donors (Lipinski definition) is 2. The van der Waals surface area contributed by atoms with Crippen LogP contribution in [0.15, 0.2) is 54.6 Å². The van der Waals surface area contributed by atoms with Gasteiger partial charge in [0.25, 0.3) is 5.91 Å². The highest BCUT2D eigenvalue weighted by Crippen LogP contribution is 2.29. The first-order valence-electron chi connectivity index (χ1n) is 8.58. The average Bonchev–Trinajstić information content (AvgIpc) is 2.62. The second kappa shape index (κ2) is 8.01. The quantitative estimate of drug-likeness (QED) is 0.835. The minimum absolute atomic E-state index is 0.0308. The molecule has 136 valence electrons. The van der Waals surface area contributed by atoms with Crippen molar-refractivity contribution in [3.05, 3.63) is 60.2 Å². The van der Waals surface area contributed by atoms with Gasteiger partial charge in [0.05, 0.1) is 18.2 Å². The summed E-state index contributed by atoms with van der Waals surface area (Å²) >= 11 is 0. The molecule has 0 fully saturated rings. The lowest BCUT2D eigenvalue weighted by Gasteiger charge is -2.27. The van der Waals surface area contributed by atoms with E-state index >= 15 is 0 Å². The molecule has 1 aliphatic rings. The summed E-state index contributed by atoms with van der Waals surface area (Å²) < 4.78 is 5.70. The molecular formula is C20H23N3O3. The van der Waals surface area contributed by atoms with Crippen LogP contribution in [0, 0.1) is 0 Å². The molecule has 2 amide bonds. The largest absolute Gasteiger partial charge is 0.478 e. The van der Waals surface area contributed by atoms with Gasteiger partial charge in [-0.05, 0) is 31.8 Å². The predicted molar refractivity (Wildman–Crippen MR) is 100.0 cm³/mol. The molecule has 6 nitrogen and oxygen atoms in total. The normalized spacial score (nSPS) is 17.0. The Bertz CT molecular complexity index is 777. The van der Waals surface area contributed by atoms with E-state index in [-0.39, 0.29) is 24.3 Å². The summed E-state index contributed by atoms with van der Waals surface area (Å²) in [7, 11) is 3.91. The number of anilines is 1. The molecule has 2 aromatic carbocycles. The van der Waals surface area contributed by atoms with E-state index in [4.69, 9.17) is 4.74 Å². The number of nitrogens with one attached hydrogen (secondary N) is 2. The third-order valence-electron chi connectivity index (χ3n) is 4.16. The molecule has 0 radical (unpaired) electrons. The van der Waals surface area contributed by atoms with Crippen LogP contribution >= 0.6 is 0 Å². The number of ether oxygens (including phenoxy) is 1. The highest BCUT2D eigenvalue weighted by molar-refractivity contribution is 5.99. The van der Waals surface area contributed by atoms with Crippen LogP contribution in [-0.4, -0.2) is 43.5 Å². The first-order chi connectivity index (χ1) is 12.5. The molecule has 0 bridgehead atoms. The van der Waals surface area contributed by atoms with E-state index in [1.807, 2.05) is 61.5 Å². The molecule has 0 saturated carbocycles. The lowest BCUT2D eigenvalue weighted by atomic mass is 10.1. The summed E-state index contributed by atoms with van der Waals surface area (Å²) in [6, 6.07) is 16.8. The van der Waals surface area contributed by atoms with Gasteiger partial charge in [-0.15, -0.1) is 0 Å². The molecule has 0 aromatic heterocycles. The van der Waals surface area contributed by atoms with Crippen molar-refractivity contribution in [1.29, 1.82) is 0 Å². The van der Waals surface area contributed by atoms with E-state index in [1.54, 1.807) is 12.1 Å². The van der Waals surface area contributed by atoms with Crippen LogP contribution < -0.4 is 15.4 Å². The zero-order valence-electron chi connectivity index (χ0n) is 14.9. The monoisotopic (exact) mass is 353 g/mol. The number of hydrogen-bond acceptors (Lipinski definition) is 4. The topological polar surface area (TPSA) is 70.7 Å². The summed E-state index contributed by atoms with van der Waals surface area (Å²) in [5, 5.41) is 5.80. The van der Waals surface area contributed by atoms with Crippen molar-refractivity contribution in [3.8, 4) is 5.75 Å². The van der Waals surface area contributed by atoms with E-state index in [2.05, 4.69) is 10.6 Å². The number of carbonyl (C=O) groups excluding carboxylic acids is 2. The molecule has 1 aliphatic heterocycles. The number of benzene rings is 2. The number of rotatable bonds is 6. The summed E-state index contributed by atoms with van der Waals surface area (Å²) in [4.78, 5) is 26.8. The molecule has 0 saturated heterocycles. The van der Waals surface area contributed by atoms with Gasteiger partial charge in [-0.1, -0.05) is 42.5 Å². The van der Waals surface area contributed by atoms with Crippen LogP contribution in [-0.2, 0) is 9.59 Å². The van der Waals surface area contributed by atoms with E-state index in [0.717, 1.165) is 5.56 Å². The van der Waals surface area contributed by atoms with E-state index in [1.165, 1.54) is 0 Å². The molecule has 2 atom stereocenters. The maximum Gasteiger partial charge on any atom is 0.266 e. The minimum Gasteiger partial charge on any atom is -0.478 e. The van der Waals surface area contributed by atoms with Gasteiger partial charge < -0.3 is 20.3 Å². The summed E-state index contributed by atoms with van der Waals surface area (Å²) in [5.74, 6) is 0.0563. The minimum atomic E-state index is -0.833. The van der Waals surface area contributed by atoms with Crippen molar-refractivity contribution in [2.45, 2.75) is 18.6 Å². The molecule has 0 spiro atoms. The highest BCUT2D eigenvalue weighted by Gasteiger charge is 2.30. The first kappa shape index (κ1) is 17.9. The number of nitrogens with zero attached hydrogens (tertiary/aromatic N) is 1. The number of para-hydroxylation sites is 2. The van der Waals surface area contributed by atoms with Gasteiger partial charge >= 0.3 is 0 Å². The number of likely N-dealkylation sites (N-methyl/N-ethyl adjacent to an activating group) is 1. The lowest BCUT2D eigenvalue weighted by Crippen LogP contribution is -2.42. The van der Waals surface area contributed by atoms with Crippen molar-refractivity contribution in [2.24, 2.45) is 0 Å². The molecule has 0 aliphatic carbocycles. The smallest absolute Gasteiger partial charge is 0.266 e. The summed E-state index contributed by atoms with van der Waals surface area (Å²) in [5.41, 5.74) is 1.65. The fourth-order valence-corrected chi connectivity index (χ4v) is 2.93. The van der Waals surface area contributed by atoms with E-state index < -0.39 is 6.10 Å². The number of carbonyl (C=O) groups is 2. The second-order valence-corrected chi connectivity index (χ2v) is 6.59. The van der Waals surface area contributed by atoms with Gasteiger partial charge in [-0.2, -0.15) is 0 Å². The van der Waals surface area contributed by atoms with Crippen LogP contribution in [0.5, 0.6) is 5.75 Å². The number of amides is 2. The van der Waals surface area contributed by atoms with Crippen molar-refractivity contribution < 1.29 is 14.3 Å². The van der Waals surface area contributed by atoms with Crippen LogP contribution in [0.25, 0.3) is 0 Å². The van der Waals surface area contributed by atoms with Crippen LogP contribution in [0.3, 0.4) is 0 Å². The first-order valence-corrected chi connectivity index (χ1v) is 8.58. The third-order valence-corrected chi connectivity index (χ3v) is 4.16. The molecular weight excluding hydrogens is 330 g/mol. The maximum atomic E-state index is 12.5. The van der Waals surface area contributed by atoms with Crippen molar-refractivity contribution in [2.75, 3.05) is 26.0 Å². The molecule has 2 N–H and O–H groups in total. The standard InChI is InChI=1S/C20H23N3O3/c1-23(2)13-16(14-8-4-3-5-9-14)21-19(24)12-18-20(25)22-15-10-6-7-11-17(15)26-18/h3-11,16,18H,12-13H2,1-2H3,(H,21,24)(H,22,25)/t16-,18+/m1/s1. The molecule has 1 heterocycles. The zero-order valence-corrected chi connectivity index (χ0v) is 14.9. The van der Waals surface area contributed by atoms with E-state index in [0.29, 0.717) is 18.0 Å². The Kier molecular flexibility index (Phi) is 5.53. The predicted octanol–water partition coefficient (Wildman–Crippen LogP) is 2.20. The van der Waals surface area contributed by atoms with Crippen molar-refractivity contribution in [1.82, 2.24) is 10.2 Å². The van der Waals surface area contributed by atoms with Crippen molar-refractivity contribution in [3.63, 3.8) is 0 Å². The van der Waals surface area contributed by atoms with Crippen LogP contribution in [0.4, 0.5) is 5.69 Å². The highest BCUT2D eigenvalue weighted by atomic mass is 16.5. The van der Waals surface area contributed by atoms with Gasteiger partial charge in [-0.25, -0.2) is 0 Å². The molecule has 2 aromatic rings. The molecule has 26 heavy (non-hydrogen) atoms. The molecule has 0 unspecified atom stereocenters. The van der Waals surface area contributed by atoms with Gasteiger partial charge in [0.1, 0.15) is 5.75 Å². The van der Waals surface area contributed by atoms with Crippen LogP contribution in [0.2, 0.25) is 0 Å². The van der Waals surface area contributed by atoms with Crippen LogP contribution in [0.1, 0.15) is 18.0 Å². The lowest BCUT2D eigenvalue weighted by molar-refractivity contribution is -0.131. The third kappa shape index (κ3) is 4.40. The number of fused-ring (bicyclic) bond motifs is 1. The summed E-state index contributed by atoms with van der Waals surface area (Å²) in [6.45, 7) is 0.663. The fourth-order valence-electron chi connectivity index (χ4n) is 2.93. The van der Waals surface area contributed by atoms with E-state index in [9.17, 15) is 9.59 Å². The Balaban J connectivity index is 1.66. The Morgan fingerprint density at radius 3 is 2.58 bits per heavy atom. The maximum absolute atomic E-state index is 12.5. The Morgan fingerprint density at radius 1 is 1.15 bits per heavy atom. The second-order valence-electron chi connectivity index (χ2n) is 6.59. The zero-order chi connectivity index (χ0) is 18.5. The van der Waals surface area contributed by atoms with Gasteiger partial charge in [0.2, 0.25) is 5.91 Å². The average molecular weight is 353 g/mol. The molecule has 3 rings (SSSR count). The fraction of sp³-hybridized carbons (Fsp3) is 0.300. The van der Waals surface area contributed by atoms with Gasteiger partial charge in [-0.3, -0.25) is 9.59 Å². The molecule has 6 heteroatoms. The summed E-state index contributed by atoms with van der Waals surface area (Å²) in [6.07, 6.45) is -0.864. The van der Waals surface area contributed by atoms with Crippen molar-refractivity contribution >= 4 is 17.5 Å². The Morgan fingerprint density at radius 2 is 1.85 bits per heavy atom.